The van der Waals surface area contributed by atoms with Gasteiger partial charge in [-0.25, -0.2) is 0 Å². The van der Waals surface area contributed by atoms with Gasteiger partial charge in [0.1, 0.15) is 6.61 Å². The largest absolute Gasteiger partial charge is 0.368 e. The van der Waals surface area contributed by atoms with Crippen LogP contribution in [-0.2, 0) is 9.53 Å². The summed E-state index contributed by atoms with van der Waals surface area (Å²) in [5, 5.41) is 6.90. The number of nitrogens with one attached hydrogen (secondary N) is 2. The fraction of sp³-hybridized carbons (Fsp3) is 0.533. The van der Waals surface area contributed by atoms with E-state index in [-0.39, 0.29) is 24.7 Å². The number of halogens is 1. The number of ether oxygens (including phenoxy) is 1. The van der Waals surface area contributed by atoms with Gasteiger partial charge in [-0.1, -0.05) is 23.7 Å². The second kappa shape index (κ2) is 7.62. The number of hydrogen-bond donors (Lipinski definition) is 2. The van der Waals surface area contributed by atoms with Gasteiger partial charge in [-0.2, -0.15) is 0 Å². The zero-order valence-electron chi connectivity index (χ0n) is 11.7. The van der Waals surface area contributed by atoms with Gasteiger partial charge in [-0.3, -0.25) is 4.79 Å². The zero-order valence-corrected chi connectivity index (χ0v) is 12.5. The van der Waals surface area contributed by atoms with E-state index in [1.807, 2.05) is 31.2 Å². The van der Waals surface area contributed by atoms with E-state index in [1.165, 1.54) is 0 Å². The van der Waals surface area contributed by atoms with Crippen LogP contribution in [0.1, 0.15) is 31.4 Å². The number of benzene rings is 1. The standard InChI is InChI=1S/C15H21ClN2O2/c1-11(12-2-4-13(16)5-3-12)18-15(19)10-20-14-6-8-17-9-7-14/h2-5,11,14,17H,6-10H2,1H3,(H,18,19)/t11-/m0/s1. The third-order valence-corrected chi connectivity index (χ3v) is 3.74. The molecule has 2 N–H and O–H groups in total. The fourth-order valence-corrected chi connectivity index (χ4v) is 2.40. The minimum absolute atomic E-state index is 0.0450. The summed E-state index contributed by atoms with van der Waals surface area (Å²) in [5.74, 6) is -0.0778. The van der Waals surface area contributed by atoms with Gasteiger partial charge in [-0.05, 0) is 50.6 Å². The minimum Gasteiger partial charge on any atom is -0.368 e. The van der Waals surface area contributed by atoms with Gasteiger partial charge in [0.05, 0.1) is 12.1 Å². The van der Waals surface area contributed by atoms with E-state index < -0.39 is 0 Å². The summed E-state index contributed by atoms with van der Waals surface area (Å²) >= 11 is 5.85. The first-order valence-corrected chi connectivity index (χ1v) is 7.40. The van der Waals surface area contributed by atoms with Crippen LogP contribution in [0.5, 0.6) is 0 Å². The molecule has 0 aliphatic carbocycles. The molecule has 2 rings (SSSR count). The van der Waals surface area contributed by atoms with Gasteiger partial charge in [0.25, 0.3) is 0 Å². The first-order chi connectivity index (χ1) is 9.65. The first-order valence-electron chi connectivity index (χ1n) is 7.02. The third kappa shape index (κ3) is 4.78. The van der Waals surface area contributed by atoms with Crippen molar-refractivity contribution in [1.29, 1.82) is 0 Å². The molecule has 0 aromatic heterocycles. The summed E-state index contributed by atoms with van der Waals surface area (Å²) in [6.07, 6.45) is 2.15. The van der Waals surface area contributed by atoms with E-state index in [9.17, 15) is 4.79 Å². The molecule has 1 fully saturated rings. The predicted molar refractivity (Wildman–Crippen MR) is 79.9 cm³/mol. The van der Waals surface area contributed by atoms with Gasteiger partial charge in [0.15, 0.2) is 0 Å². The summed E-state index contributed by atoms with van der Waals surface area (Å²) in [7, 11) is 0. The lowest BCUT2D eigenvalue weighted by molar-refractivity contribution is -0.128. The maximum atomic E-state index is 11.9. The molecule has 1 aliphatic rings. The Labute approximate surface area is 124 Å². The number of hydrogen-bond acceptors (Lipinski definition) is 3. The van der Waals surface area contributed by atoms with E-state index >= 15 is 0 Å². The highest BCUT2D eigenvalue weighted by molar-refractivity contribution is 6.30. The van der Waals surface area contributed by atoms with E-state index in [4.69, 9.17) is 16.3 Å². The highest BCUT2D eigenvalue weighted by Crippen LogP contribution is 2.16. The average Bonchev–Trinajstić information content (AvgIpc) is 2.47. The Balaban J connectivity index is 1.74. The molecule has 1 amide bonds. The lowest BCUT2D eigenvalue weighted by Gasteiger charge is -2.23. The van der Waals surface area contributed by atoms with Crippen LogP contribution in [0, 0.1) is 0 Å². The second-order valence-corrected chi connectivity index (χ2v) is 5.54. The molecule has 1 saturated heterocycles. The lowest BCUT2D eigenvalue weighted by atomic mass is 10.1. The summed E-state index contributed by atoms with van der Waals surface area (Å²) in [6, 6.07) is 7.44. The van der Waals surface area contributed by atoms with Crippen molar-refractivity contribution in [2.45, 2.75) is 31.9 Å². The van der Waals surface area contributed by atoms with Crippen LogP contribution < -0.4 is 10.6 Å². The van der Waals surface area contributed by atoms with Crippen LogP contribution >= 0.6 is 11.6 Å². The van der Waals surface area contributed by atoms with E-state index in [0.717, 1.165) is 31.5 Å². The Morgan fingerprint density at radius 2 is 2.05 bits per heavy atom. The van der Waals surface area contributed by atoms with Gasteiger partial charge in [0.2, 0.25) is 5.91 Å². The minimum atomic E-state index is -0.0778. The molecular formula is C15H21ClN2O2. The molecule has 1 aromatic rings. The molecule has 5 heteroatoms. The molecule has 0 radical (unpaired) electrons. The molecule has 1 aromatic carbocycles. The van der Waals surface area contributed by atoms with Crippen molar-refractivity contribution in [2.75, 3.05) is 19.7 Å². The Morgan fingerprint density at radius 3 is 2.70 bits per heavy atom. The molecule has 0 saturated carbocycles. The van der Waals surface area contributed by atoms with E-state index in [1.54, 1.807) is 0 Å². The molecular weight excluding hydrogens is 276 g/mol. The molecule has 0 unspecified atom stereocenters. The number of piperidine rings is 1. The highest BCUT2D eigenvalue weighted by atomic mass is 35.5. The number of carbonyl (C=O) groups is 1. The first kappa shape index (κ1) is 15.3. The van der Waals surface area contributed by atoms with Crippen molar-refractivity contribution in [1.82, 2.24) is 10.6 Å². The van der Waals surface area contributed by atoms with Crippen molar-refractivity contribution in [2.24, 2.45) is 0 Å². The number of amides is 1. The molecule has 20 heavy (non-hydrogen) atoms. The normalized spacial score (nSPS) is 17.7. The van der Waals surface area contributed by atoms with Gasteiger partial charge in [-0.15, -0.1) is 0 Å². The Morgan fingerprint density at radius 1 is 1.40 bits per heavy atom. The van der Waals surface area contributed by atoms with Crippen LogP contribution in [0.3, 0.4) is 0 Å². The van der Waals surface area contributed by atoms with Gasteiger partial charge in [0, 0.05) is 5.02 Å². The van der Waals surface area contributed by atoms with Crippen LogP contribution in [0.2, 0.25) is 5.02 Å². The van der Waals surface area contributed by atoms with Crippen LogP contribution in [0.25, 0.3) is 0 Å². The molecule has 1 aliphatic heterocycles. The Bertz CT molecular complexity index is 430. The summed E-state index contributed by atoms with van der Waals surface area (Å²) < 4.78 is 5.63. The molecule has 1 heterocycles. The Hall–Kier alpha value is -1.10. The predicted octanol–water partition coefficient (Wildman–Crippen LogP) is 2.29. The molecule has 0 spiro atoms. The summed E-state index contributed by atoms with van der Waals surface area (Å²) in [4.78, 5) is 11.9. The van der Waals surface area contributed by atoms with E-state index in [0.29, 0.717) is 5.02 Å². The average molecular weight is 297 g/mol. The van der Waals surface area contributed by atoms with Crippen molar-refractivity contribution in [3.63, 3.8) is 0 Å². The quantitative estimate of drug-likeness (QED) is 0.876. The van der Waals surface area contributed by atoms with Crippen molar-refractivity contribution < 1.29 is 9.53 Å². The van der Waals surface area contributed by atoms with Crippen LogP contribution in [0.15, 0.2) is 24.3 Å². The smallest absolute Gasteiger partial charge is 0.246 e. The van der Waals surface area contributed by atoms with Crippen molar-refractivity contribution >= 4 is 17.5 Å². The maximum absolute atomic E-state index is 11.9. The molecule has 1 atom stereocenters. The molecule has 4 nitrogen and oxygen atoms in total. The SMILES string of the molecule is C[C@H](NC(=O)COC1CCNCC1)c1ccc(Cl)cc1. The van der Waals surface area contributed by atoms with Crippen LogP contribution in [0.4, 0.5) is 0 Å². The van der Waals surface area contributed by atoms with E-state index in [2.05, 4.69) is 10.6 Å². The Kier molecular flexibility index (Phi) is 5.83. The van der Waals surface area contributed by atoms with Crippen LogP contribution in [-0.4, -0.2) is 31.7 Å². The number of carbonyl (C=O) groups excluding carboxylic acids is 1. The third-order valence-electron chi connectivity index (χ3n) is 3.48. The topological polar surface area (TPSA) is 50.4 Å². The summed E-state index contributed by atoms with van der Waals surface area (Å²) in [6.45, 7) is 4.01. The van der Waals surface area contributed by atoms with Gasteiger partial charge >= 0.3 is 0 Å². The summed E-state index contributed by atoms with van der Waals surface area (Å²) in [5.41, 5.74) is 1.03. The second-order valence-electron chi connectivity index (χ2n) is 5.10. The fourth-order valence-electron chi connectivity index (χ4n) is 2.27. The lowest BCUT2D eigenvalue weighted by Crippen LogP contribution is -2.36. The molecule has 110 valence electrons. The number of rotatable bonds is 5. The van der Waals surface area contributed by atoms with Crippen molar-refractivity contribution in [3.8, 4) is 0 Å². The maximum Gasteiger partial charge on any atom is 0.246 e. The van der Waals surface area contributed by atoms with Crippen molar-refractivity contribution in [3.05, 3.63) is 34.9 Å². The highest BCUT2D eigenvalue weighted by Gasteiger charge is 2.16. The molecule has 0 bridgehead atoms. The monoisotopic (exact) mass is 296 g/mol. The van der Waals surface area contributed by atoms with Gasteiger partial charge < -0.3 is 15.4 Å². The zero-order chi connectivity index (χ0) is 14.4.